The van der Waals surface area contributed by atoms with Gasteiger partial charge in [0.15, 0.2) is 0 Å². The smallest absolute Gasteiger partial charge is 0.266 e. The first-order valence-corrected chi connectivity index (χ1v) is 5.31. The van der Waals surface area contributed by atoms with Crippen LogP contribution in [0, 0.1) is 11.6 Å². The number of alkyl halides is 2. The van der Waals surface area contributed by atoms with E-state index < -0.39 is 29.2 Å². The number of aromatic nitrogens is 1. The van der Waals surface area contributed by atoms with Gasteiger partial charge in [0.05, 0.1) is 18.2 Å². The van der Waals surface area contributed by atoms with Crippen molar-refractivity contribution in [2.24, 2.45) is 0 Å². The topological polar surface area (TPSA) is 22.1 Å². The van der Waals surface area contributed by atoms with Gasteiger partial charge in [-0.3, -0.25) is 0 Å². The van der Waals surface area contributed by atoms with E-state index in [1.165, 1.54) is 25.4 Å². The normalized spacial score (nSPS) is 10.8. The summed E-state index contributed by atoms with van der Waals surface area (Å²) in [5, 5.41) is 0. The molecule has 100 valence electrons. The molecule has 0 N–H and O–H groups in total. The van der Waals surface area contributed by atoms with Crippen LogP contribution in [0.4, 0.5) is 17.6 Å². The summed E-state index contributed by atoms with van der Waals surface area (Å²) in [7, 11) is 1.28. The van der Waals surface area contributed by atoms with Crippen LogP contribution in [0.25, 0.3) is 11.1 Å². The fourth-order valence-electron chi connectivity index (χ4n) is 1.73. The van der Waals surface area contributed by atoms with E-state index in [9.17, 15) is 17.6 Å². The molecule has 0 spiro atoms. The Balaban J connectivity index is 2.71. The minimum Gasteiger partial charge on any atom is -0.481 e. The fourth-order valence-corrected chi connectivity index (χ4v) is 1.73. The monoisotopic (exact) mass is 271 g/mol. The van der Waals surface area contributed by atoms with Crippen molar-refractivity contribution in [3.63, 3.8) is 0 Å². The third-order valence-electron chi connectivity index (χ3n) is 2.59. The van der Waals surface area contributed by atoms with Gasteiger partial charge in [0.1, 0.15) is 11.6 Å². The molecule has 0 aliphatic rings. The van der Waals surface area contributed by atoms with Gasteiger partial charge < -0.3 is 4.74 Å². The molecule has 2 rings (SSSR count). The van der Waals surface area contributed by atoms with E-state index in [0.717, 1.165) is 12.1 Å². The number of hydrogen-bond donors (Lipinski definition) is 0. The summed E-state index contributed by atoms with van der Waals surface area (Å²) in [5.41, 5.74) is -1.44. The quantitative estimate of drug-likeness (QED) is 0.788. The third kappa shape index (κ3) is 2.38. The lowest BCUT2D eigenvalue weighted by Gasteiger charge is -2.11. The molecule has 0 amide bonds. The van der Waals surface area contributed by atoms with Crippen molar-refractivity contribution in [3.05, 3.63) is 47.7 Å². The molecule has 2 aromatic rings. The van der Waals surface area contributed by atoms with Crippen molar-refractivity contribution in [1.29, 1.82) is 0 Å². The van der Waals surface area contributed by atoms with E-state index >= 15 is 0 Å². The van der Waals surface area contributed by atoms with Gasteiger partial charge >= 0.3 is 0 Å². The Labute approximate surface area is 106 Å². The molecule has 1 aromatic carbocycles. The molecule has 2 nitrogen and oxygen atoms in total. The van der Waals surface area contributed by atoms with Gasteiger partial charge in [-0.05, 0) is 24.3 Å². The van der Waals surface area contributed by atoms with Gasteiger partial charge in [-0.1, -0.05) is 0 Å². The Hall–Kier alpha value is -2.11. The van der Waals surface area contributed by atoms with Crippen molar-refractivity contribution < 1.29 is 22.3 Å². The zero-order valence-electron chi connectivity index (χ0n) is 9.83. The maximum Gasteiger partial charge on any atom is 0.266 e. The zero-order chi connectivity index (χ0) is 14.0. The van der Waals surface area contributed by atoms with Gasteiger partial charge in [-0.2, -0.15) is 0 Å². The number of methoxy groups -OCH3 is 1. The van der Waals surface area contributed by atoms with Gasteiger partial charge in [0.2, 0.25) is 5.88 Å². The summed E-state index contributed by atoms with van der Waals surface area (Å²) < 4.78 is 57.8. The Morgan fingerprint density at radius 3 is 2.53 bits per heavy atom. The highest BCUT2D eigenvalue weighted by Gasteiger charge is 2.23. The minimum absolute atomic E-state index is 0.0116. The van der Waals surface area contributed by atoms with Crippen LogP contribution in [-0.2, 0) is 0 Å². The first kappa shape index (κ1) is 13.3. The number of nitrogens with zero attached hydrogens (tertiary/aromatic N) is 1. The zero-order valence-corrected chi connectivity index (χ0v) is 9.83. The maximum absolute atomic E-state index is 14.0. The second-order valence-corrected chi connectivity index (χ2v) is 3.69. The summed E-state index contributed by atoms with van der Waals surface area (Å²) >= 11 is 0. The Kier molecular flexibility index (Phi) is 3.69. The molecular formula is C13H9F4NO. The molecule has 0 aliphatic carbocycles. The molecule has 0 unspecified atom stereocenters. The molecule has 1 aromatic heterocycles. The van der Waals surface area contributed by atoms with Crippen LogP contribution in [-0.4, -0.2) is 12.1 Å². The Bertz CT molecular complexity index is 601. The van der Waals surface area contributed by atoms with Crippen LogP contribution in [0.3, 0.4) is 0 Å². The lowest BCUT2D eigenvalue weighted by atomic mass is 10.0. The lowest BCUT2D eigenvalue weighted by Crippen LogP contribution is -2.00. The number of benzene rings is 1. The Morgan fingerprint density at radius 1 is 1.16 bits per heavy atom. The van der Waals surface area contributed by atoms with Crippen molar-refractivity contribution in [3.8, 4) is 17.0 Å². The predicted molar refractivity (Wildman–Crippen MR) is 61.1 cm³/mol. The summed E-state index contributed by atoms with van der Waals surface area (Å²) in [5.74, 6) is -2.29. The Morgan fingerprint density at radius 2 is 1.89 bits per heavy atom. The van der Waals surface area contributed by atoms with Crippen LogP contribution in [0.2, 0.25) is 0 Å². The first-order chi connectivity index (χ1) is 9.06. The van der Waals surface area contributed by atoms with Gasteiger partial charge in [0.25, 0.3) is 6.43 Å². The molecule has 0 fully saturated rings. The average molecular weight is 271 g/mol. The number of halogens is 4. The van der Waals surface area contributed by atoms with Crippen LogP contribution in [0.15, 0.2) is 30.5 Å². The second-order valence-electron chi connectivity index (χ2n) is 3.69. The summed E-state index contributed by atoms with van der Waals surface area (Å²) in [6, 6.07) is 4.31. The van der Waals surface area contributed by atoms with Crippen LogP contribution < -0.4 is 4.74 Å². The number of pyridine rings is 1. The van der Waals surface area contributed by atoms with Crippen molar-refractivity contribution in [2.45, 2.75) is 6.43 Å². The van der Waals surface area contributed by atoms with Crippen LogP contribution in [0.5, 0.6) is 5.88 Å². The summed E-state index contributed by atoms with van der Waals surface area (Å²) in [6.07, 6.45) is -1.66. The van der Waals surface area contributed by atoms with E-state index in [1.807, 2.05) is 0 Å². The summed E-state index contributed by atoms with van der Waals surface area (Å²) in [6.45, 7) is 0. The summed E-state index contributed by atoms with van der Waals surface area (Å²) in [4.78, 5) is 3.79. The standard InChI is InChI=1S/C13H9F4NO/c1-19-13-7(3-2-6-18-13)10-9(14)5-4-8(11(10)15)12(16)17/h2-6,12H,1H3. The van der Waals surface area contributed by atoms with Crippen LogP contribution >= 0.6 is 0 Å². The first-order valence-electron chi connectivity index (χ1n) is 5.31. The van der Waals surface area contributed by atoms with Crippen LogP contribution in [0.1, 0.15) is 12.0 Å². The molecular weight excluding hydrogens is 262 g/mol. The van der Waals surface area contributed by atoms with Crippen molar-refractivity contribution in [2.75, 3.05) is 7.11 Å². The molecule has 6 heteroatoms. The lowest BCUT2D eigenvalue weighted by molar-refractivity contribution is 0.146. The second kappa shape index (κ2) is 5.26. The number of rotatable bonds is 3. The third-order valence-corrected chi connectivity index (χ3v) is 2.59. The molecule has 0 aliphatic heterocycles. The molecule has 0 radical (unpaired) electrons. The molecule has 19 heavy (non-hydrogen) atoms. The highest BCUT2D eigenvalue weighted by Crippen LogP contribution is 2.35. The number of hydrogen-bond acceptors (Lipinski definition) is 2. The van der Waals surface area contributed by atoms with Crippen molar-refractivity contribution >= 4 is 0 Å². The van der Waals surface area contributed by atoms with Gasteiger partial charge in [-0.15, -0.1) is 0 Å². The average Bonchev–Trinajstić information content (AvgIpc) is 2.39. The molecule has 0 saturated carbocycles. The van der Waals surface area contributed by atoms with E-state index in [4.69, 9.17) is 4.74 Å². The van der Waals surface area contributed by atoms with Crippen molar-refractivity contribution in [1.82, 2.24) is 4.98 Å². The van der Waals surface area contributed by atoms with E-state index in [0.29, 0.717) is 0 Å². The fraction of sp³-hybridized carbons (Fsp3) is 0.154. The largest absolute Gasteiger partial charge is 0.481 e. The van der Waals surface area contributed by atoms with E-state index in [2.05, 4.69) is 4.98 Å². The highest BCUT2D eigenvalue weighted by atomic mass is 19.3. The molecule has 0 saturated heterocycles. The van der Waals surface area contributed by atoms with Gasteiger partial charge in [-0.25, -0.2) is 22.5 Å². The van der Waals surface area contributed by atoms with E-state index in [-0.39, 0.29) is 11.4 Å². The SMILES string of the molecule is COc1ncccc1-c1c(F)ccc(C(F)F)c1F. The molecule has 0 bridgehead atoms. The maximum atomic E-state index is 14.0. The molecule has 1 heterocycles. The highest BCUT2D eigenvalue weighted by molar-refractivity contribution is 5.70. The molecule has 0 atom stereocenters. The van der Waals surface area contributed by atoms with E-state index in [1.54, 1.807) is 0 Å². The number of ether oxygens (including phenoxy) is 1. The van der Waals surface area contributed by atoms with Gasteiger partial charge in [0, 0.05) is 11.8 Å². The minimum atomic E-state index is -3.03. The predicted octanol–water partition coefficient (Wildman–Crippen LogP) is 3.97.